The van der Waals surface area contributed by atoms with E-state index >= 15 is 0 Å². The van der Waals surface area contributed by atoms with Crippen LogP contribution in [0.4, 0.5) is 0 Å². The second-order valence-electron chi connectivity index (χ2n) is 0. The van der Waals surface area contributed by atoms with E-state index in [9.17, 15) is 0 Å². The fourth-order valence-corrected chi connectivity index (χ4v) is 0. The van der Waals surface area contributed by atoms with E-state index in [4.69, 9.17) is 0 Å². The van der Waals surface area contributed by atoms with Crippen molar-refractivity contribution in [2.75, 3.05) is 0 Å². The van der Waals surface area contributed by atoms with E-state index in [0.29, 0.717) is 0 Å². The van der Waals surface area contributed by atoms with Gasteiger partial charge in [-0.1, -0.05) is 0 Å². The van der Waals surface area contributed by atoms with E-state index in [1.165, 1.54) is 0 Å². The van der Waals surface area contributed by atoms with Crippen molar-refractivity contribution in [3.8, 4) is 0 Å². The van der Waals surface area contributed by atoms with E-state index in [0.717, 1.165) is 0 Å². The summed E-state index contributed by atoms with van der Waals surface area (Å²) in [6, 6.07) is 0. The molecule has 0 aromatic heterocycles. The van der Waals surface area contributed by atoms with E-state index in [1.54, 1.807) is 0 Å². The molecule has 0 heterocycles. The summed E-state index contributed by atoms with van der Waals surface area (Å²) in [6.07, 6.45) is 0. The third-order valence-electron chi connectivity index (χ3n) is 0. The average Bonchev–Trinajstić information content (AvgIpc) is 0. The zero-order valence-electron chi connectivity index (χ0n) is 3.76. The molecule has 0 atom stereocenters. The smallest absolute Gasteiger partial charge is 0.870 e. The maximum Gasteiger partial charge on any atom is 2.00 e. The average molecular weight is 235 g/mol. The zero-order valence-corrected chi connectivity index (χ0v) is 10.4. The molecule has 0 aromatic carbocycles. The minimum absolute atomic E-state index is 0. The Balaban J connectivity index is 0. The standard InChI is InChI=1S/Ba.Ca.Li.3H2O/h;;;3*1H2/q2*+2;+1;;;/p-3. The normalized spacial score (nSPS) is 0. The Kier molecular flexibility index (Phi) is 397. The van der Waals surface area contributed by atoms with Crippen molar-refractivity contribution in [3.63, 3.8) is 0 Å². The van der Waals surface area contributed by atoms with Gasteiger partial charge in [0.2, 0.25) is 0 Å². The van der Waals surface area contributed by atoms with Gasteiger partial charge < -0.3 is 16.4 Å². The van der Waals surface area contributed by atoms with Crippen LogP contribution in [-0.2, 0) is 0 Å². The van der Waals surface area contributed by atoms with Gasteiger partial charge in [0.25, 0.3) is 0 Å². The molecule has 0 fully saturated rings. The van der Waals surface area contributed by atoms with Crippen molar-refractivity contribution in [1.29, 1.82) is 0 Å². The van der Waals surface area contributed by atoms with Gasteiger partial charge in [-0.3, -0.25) is 0 Å². The van der Waals surface area contributed by atoms with Crippen LogP contribution in [0, 0.1) is 0 Å². The van der Waals surface area contributed by atoms with Crippen LogP contribution >= 0.6 is 0 Å². The van der Waals surface area contributed by atoms with Crippen LogP contribution in [0.15, 0.2) is 0 Å². The Labute approximate surface area is 119 Å². The van der Waals surface area contributed by atoms with Crippen LogP contribution in [0.2, 0.25) is 0 Å². The first-order valence-corrected chi connectivity index (χ1v) is 0. The van der Waals surface area contributed by atoms with E-state index in [2.05, 4.69) is 0 Å². The molecule has 0 saturated carbocycles. The van der Waals surface area contributed by atoms with Crippen LogP contribution in [0.1, 0.15) is 0 Å². The molecule has 0 radical (unpaired) electrons. The summed E-state index contributed by atoms with van der Waals surface area (Å²) in [5, 5.41) is 0. The molecule has 3 nitrogen and oxygen atoms in total. The van der Waals surface area contributed by atoms with Gasteiger partial charge in [-0.25, -0.2) is 0 Å². The van der Waals surface area contributed by atoms with Gasteiger partial charge >= 0.3 is 105 Å². The predicted molar refractivity (Wildman–Crippen MR) is 17.3 cm³/mol. The molecule has 0 rings (SSSR count). The molecular weight excluding hydrogens is 232 g/mol. The largest absolute Gasteiger partial charge is 2.00 e. The van der Waals surface area contributed by atoms with Gasteiger partial charge in [0.1, 0.15) is 0 Å². The maximum atomic E-state index is 0. The first kappa shape index (κ1) is 58.7. The minimum Gasteiger partial charge on any atom is -0.870 e. The second-order valence-corrected chi connectivity index (χ2v) is 0. The molecule has 6 heteroatoms. The Hall–Kier alpha value is 3.31. The predicted octanol–water partition coefficient (Wildman–Crippen LogP) is -4.29. The number of rotatable bonds is 0. The van der Waals surface area contributed by atoms with E-state index < -0.39 is 0 Å². The molecule has 0 aliphatic heterocycles. The van der Waals surface area contributed by atoms with Gasteiger partial charge in [-0.15, -0.1) is 0 Å². The number of hydrogen-bond acceptors (Lipinski definition) is 3. The maximum absolute atomic E-state index is 0. The Bertz CT molecular complexity index is 10.8. The molecule has 0 bridgehead atoms. The molecule has 6 heavy (non-hydrogen) atoms. The first-order chi connectivity index (χ1) is 0. The fraction of sp³-hybridized carbons (Fsp3) is 0. The third kappa shape index (κ3) is 26.6. The van der Waals surface area contributed by atoms with Crippen LogP contribution in [0.5, 0.6) is 0 Å². The van der Waals surface area contributed by atoms with Crippen LogP contribution in [-0.4, -0.2) is 103 Å². The molecule has 0 aliphatic rings. The van der Waals surface area contributed by atoms with Crippen molar-refractivity contribution in [2.24, 2.45) is 0 Å². The van der Waals surface area contributed by atoms with Crippen molar-refractivity contribution in [1.82, 2.24) is 0 Å². The summed E-state index contributed by atoms with van der Waals surface area (Å²) >= 11 is 0. The second kappa shape index (κ2) is 40.5. The van der Waals surface area contributed by atoms with Crippen molar-refractivity contribution >= 4 is 86.6 Å². The quantitative estimate of drug-likeness (QED) is 0.398. The molecule has 0 saturated heterocycles. The van der Waals surface area contributed by atoms with E-state index in [1.807, 2.05) is 0 Å². The van der Waals surface area contributed by atoms with Crippen molar-refractivity contribution < 1.29 is 35.3 Å². The monoisotopic (exact) mass is 236 g/mol. The molecule has 0 aromatic rings. The Morgan fingerprint density at radius 2 is 0.667 bits per heavy atom. The van der Waals surface area contributed by atoms with Crippen LogP contribution in [0.25, 0.3) is 0 Å². The summed E-state index contributed by atoms with van der Waals surface area (Å²) in [4.78, 5) is 0. The Morgan fingerprint density at radius 3 is 0.667 bits per heavy atom. The summed E-state index contributed by atoms with van der Waals surface area (Å²) in [5.74, 6) is 0. The molecule has 0 aliphatic carbocycles. The molecule has 24 valence electrons. The summed E-state index contributed by atoms with van der Waals surface area (Å²) < 4.78 is 0. The van der Waals surface area contributed by atoms with Crippen LogP contribution in [0.3, 0.4) is 0 Å². The van der Waals surface area contributed by atoms with Gasteiger partial charge in [0.05, 0.1) is 0 Å². The summed E-state index contributed by atoms with van der Waals surface area (Å²) in [7, 11) is 0. The third-order valence-corrected chi connectivity index (χ3v) is 0. The van der Waals surface area contributed by atoms with Crippen molar-refractivity contribution in [2.45, 2.75) is 0 Å². The zero-order chi connectivity index (χ0) is 0. The number of hydrogen-bond donors (Lipinski definition) is 0. The van der Waals surface area contributed by atoms with Gasteiger partial charge in [0, 0.05) is 0 Å². The van der Waals surface area contributed by atoms with Gasteiger partial charge in [-0.05, 0) is 0 Å². The Morgan fingerprint density at radius 1 is 0.667 bits per heavy atom. The summed E-state index contributed by atoms with van der Waals surface area (Å²) in [5.41, 5.74) is 0. The van der Waals surface area contributed by atoms with Crippen LogP contribution < -0.4 is 18.9 Å². The fourth-order valence-electron chi connectivity index (χ4n) is 0. The topological polar surface area (TPSA) is 90.0 Å². The molecular formula is H3BaCaLiO3+2. The first-order valence-electron chi connectivity index (χ1n) is 0. The summed E-state index contributed by atoms with van der Waals surface area (Å²) in [6.45, 7) is 0. The molecule has 3 N–H and O–H groups in total. The SMILES string of the molecule is [Ba+2].[Ca+2].[Li+].[OH-].[OH-].[OH-]. The molecule has 0 spiro atoms. The van der Waals surface area contributed by atoms with E-state index in [-0.39, 0.29) is 122 Å². The van der Waals surface area contributed by atoms with Crippen molar-refractivity contribution in [3.05, 3.63) is 0 Å². The molecule has 0 amide bonds. The van der Waals surface area contributed by atoms with Gasteiger partial charge in [-0.2, -0.15) is 0 Å². The molecule has 0 unspecified atom stereocenters. The minimum atomic E-state index is 0. The van der Waals surface area contributed by atoms with Gasteiger partial charge in [0.15, 0.2) is 0 Å².